The molecule has 0 bridgehead atoms. The Morgan fingerprint density at radius 3 is 2.73 bits per heavy atom. The van der Waals surface area contributed by atoms with Gasteiger partial charge in [0.2, 0.25) is 0 Å². The zero-order valence-corrected chi connectivity index (χ0v) is 7.97. The van der Waals surface area contributed by atoms with E-state index < -0.39 is 0 Å². The van der Waals surface area contributed by atoms with Crippen LogP contribution in [0.4, 0.5) is 0 Å². The molecule has 1 nitrogen and oxygen atoms in total. The fraction of sp³-hybridized carbons (Fsp3) is 1.00. The van der Waals surface area contributed by atoms with Gasteiger partial charge in [0.1, 0.15) is 0 Å². The van der Waals surface area contributed by atoms with Crippen molar-refractivity contribution in [2.75, 3.05) is 20.1 Å². The number of rotatable bonds is 4. The van der Waals surface area contributed by atoms with Gasteiger partial charge in [-0.05, 0) is 32.4 Å². The third-order valence-corrected chi connectivity index (χ3v) is 2.70. The molecule has 1 heterocycles. The molecule has 66 valence electrons. The van der Waals surface area contributed by atoms with Crippen LogP contribution in [-0.4, -0.2) is 25.0 Å². The molecule has 0 saturated carbocycles. The third kappa shape index (κ3) is 3.24. The molecule has 0 N–H and O–H groups in total. The van der Waals surface area contributed by atoms with Crippen molar-refractivity contribution >= 4 is 0 Å². The van der Waals surface area contributed by atoms with E-state index in [1.807, 2.05) is 0 Å². The lowest BCUT2D eigenvalue weighted by atomic mass is 10.0. The van der Waals surface area contributed by atoms with E-state index in [-0.39, 0.29) is 0 Å². The van der Waals surface area contributed by atoms with Crippen molar-refractivity contribution in [3.63, 3.8) is 0 Å². The van der Waals surface area contributed by atoms with E-state index >= 15 is 0 Å². The van der Waals surface area contributed by atoms with E-state index in [0.717, 1.165) is 5.92 Å². The number of likely N-dealkylation sites (tertiary alicyclic amines) is 1. The Kier molecular flexibility index (Phi) is 3.92. The van der Waals surface area contributed by atoms with E-state index in [1.54, 1.807) is 0 Å². The molecule has 0 amide bonds. The molecule has 1 saturated heterocycles. The molecule has 1 atom stereocenters. The van der Waals surface area contributed by atoms with Gasteiger partial charge in [0.15, 0.2) is 0 Å². The molecule has 0 aliphatic carbocycles. The molecule has 1 fully saturated rings. The predicted octanol–water partition coefficient (Wildman–Crippen LogP) is 2.52. The van der Waals surface area contributed by atoms with Crippen molar-refractivity contribution in [1.82, 2.24) is 4.90 Å². The molecule has 1 aliphatic rings. The second kappa shape index (κ2) is 4.76. The molecule has 11 heavy (non-hydrogen) atoms. The minimum atomic E-state index is 1.02. The maximum atomic E-state index is 2.45. The van der Waals surface area contributed by atoms with Crippen LogP contribution in [0.3, 0.4) is 0 Å². The van der Waals surface area contributed by atoms with Crippen LogP contribution in [0.5, 0.6) is 0 Å². The Morgan fingerprint density at radius 2 is 2.18 bits per heavy atom. The monoisotopic (exact) mass is 155 g/mol. The Morgan fingerprint density at radius 1 is 1.36 bits per heavy atom. The van der Waals surface area contributed by atoms with Crippen molar-refractivity contribution in [3.8, 4) is 0 Å². The SMILES string of the molecule is CCCCCC1CCN(C)C1. The molecule has 0 aromatic carbocycles. The standard InChI is InChI=1S/C10H21N/c1-3-4-5-6-10-7-8-11(2)9-10/h10H,3-9H2,1-2H3. The number of hydrogen-bond acceptors (Lipinski definition) is 1. The van der Waals surface area contributed by atoms with Gasteiger partial charge in [0, 0.05) is 6.54 Å². The summed E-state index contributed by atoms with van der Waals surface area (Å²) in [6.45, 7) is 4.96. The summed E-state index contributed by atoms with van der Waals surface area (Å²) in [4.78, 5) is 2.45. The maximum absolute atomic E-state index is 2.45. The number of hydrogen-bond donors (Lipinski definition) is 0. The minimum Gasteiger partial charge on any atom is -0.306 e. The van der Waals surface area contributed by atoms with Crippen LogP contribution in [0, 0.1) is 5.92 Å². The van der Waals surface area contributed by atoms with Crippen LogP contribution in [0.1, 0.15) is 39.0 Å². The lowest BCUT2D eigenvalue weighted by Crippen LogP contribution is -2.13. The molecule has 0 aromatic heterocycles. The summed E-state index contributed by atoms with van der Waals surface area (Å²) < 4.78 is 0. The summed E-state index contributed by atoms with van der Waals surface area (Å²) in [6.07, 6.45) is 7.16. The highest BCUT2D eigenvalue weighted by Gasteiger charge is 2.17. The first-order valence-corrected chi connectivity index (χ1v) is 5.01. The Hall–Kier alpha value is -0.0400. The maximum Gasteiger partial charge on any atom is 0.000708 e. The fourth-order valence-corrected chi connectivity index (χ4v) is 1.94. The van der Waals surface area contributed by atoms with Gasteiger partial charge in [-0.1, -0.05) is 26.2 Å². The first-order valence-electron chi connectivity index (χ1n) is 5.01. The van der Waals surface area contributed by atoms with Crippen LogP contribution in [-0.2, 0) is 0 Å². The number of unbranched alkanes of at least 4 members (excludes halogenated alkanes) is 2. The molecular formula is C10H21N. The molecule has 1 aliphatic heterocycles. The van der Waals surface area contributed by atoms with Gasteiger partial charge in [-0.15, -0.1) is 0 Å². The van der Waals surface area contributed by atoms with E-state index in [1.165, 1.54) is 45.2 Å². The highest BCUT2D eigenvalue weighted by Crippen LogP contribution is 2.20. The normalized spacial score (nSPS) is 26.2. The molecule has 1 unspecified atom stereocenters. The predicted molar refractivity (Wildman–Crippen MR) is 49.7 cm³/mol. The van der Waals surface area contributed by atoms with Crippen LogP contribution in [0.2, 0.25) is 0 Å². The van der Waals surface area contributed by atoms with Crippen molar-refractivity contribution in [2.45, 2.75) is 39.0 Å². The van der Waals surface area contributed by atoms with Gasteiger partial charge in [-0.25, -0.2) is 0 Å². The van der Waals surface area contributed by atoms with Gasteiger partial charge < -0.3 is 4.90 Å². The summed E-state index contributed by atoms with van der Waals surface area (Å²) in [5, 5.41) is 0. The van der Waals surface area contributed by atoms with Gasteiger partial charge >= 0.3 is 0 Å². The van der Waals surface area contributed by atoms with Crippen LogP contribution in [0.25, 0.3) is 0 Å². The zero-order chi connectivity index (χ0) is 8.10. The third-order valence-electron chi connectivity index (χ3n) is 2.70. The second-order valence-corrected chi connectivity index (χ2v) is 3.91. The minimum absolute atomic E-state index is 1.02. The van der Waals surface area contributed by atoms with Gasteiger partial charge in [-0.3, -0.25) is 0 Å². The van der Waals surface area contributed by atoms with Crippen molar-refractivity contribution in [2.24, 2.45) is 5.92 Å². The van der Waals surface area contributed by atoms with Gasteiger partial charge in [0.05, 0.1) is 0 Å². The highest BCUT2D eigenvalue weighted by atomic mass is 15.1. The Labute approximate surface area is 70.8 Å². The van der Waals surface area contributed by atoms with E-state index in [9.17, 15) is 0 Å². The largest absolute Gasteiger partial charge is 0.306 e. The second-order valence-electron chi connectivity index (χ2n) is 3.91. The summed E-state index contributed by atoms with van der Waals surface area (Å²) >= 11 is 0. The van der Waals surface area contributed by atoms with Gasteiger partial charge in [-0.2, -0.15) is 0 Å². The van der Waals surface area contributed by atoms with Crippen molar-refractivity contribution < 1.29 is 0 Å². The van der Waals surface area contributed by atoms with Crippen LogP contribution < -0.4 is 0 Å². The quantitative estimate of drug-likeness (QED) is 0.564. The molecular weight excluding hydrogens is 134 g/mol. The van der Waals surface area contributed by atoms with Crippen LogP contribution in [0.15, 0.2) is 0 Å². The Bertz CT molecular complexity index is 101. The first-order chi connectivity index (χ1) is 5.33. The van der Waals surface area contributed by atoms with E-state index in [0.29, 0.717) is 0 Å². The number of nitrogens with zero attached hydrogens (tertiary/aromatic N) is 1. The van der Waals surface area contributed by atoms with Gasteiger partial charge in [0.25, 0.3) is 0 Å². The smallest absolute Gasteiger partial charge is 0.000708 e. The molecule has 1 rings (SSSR count). The molecule has 0 spiro atoms. The molecule has 1 heteroatoms. The van der Waals surface area contributed by atoms with Crippen LogP contribution >= 0.6 is 0 Å². The topological polar surface area (TPSA) is 3.24 Å². The lowest BCUT2D eigenvalue weighted by Gasteiger charge is -2.09. The molecule has 0 aromatic rings. The van der Waals surface area contributed by atoms with Crippen molar-refractivity contribution in [1.29, 1.82) is 0 Å². The molecule has 0 radical (unpaired) electrons. The van der Waals surface area contributed by atoms with E-state index in [4.69, 9.17) is 0 Å². The highest BCUT2D eigenvalue weighted by molar-refractivity contribution is 4.72. The first kappa shape index (κ1) is 9.05. The average Bonchev–Trinajstić information content (AvgIpc) is 2.37. The lowest BCUT2D eigenvalue weighted by molar-refractivity contribution is 0.383. The summed E-state index contributed by atoms with van der Waals surface area (Å²) in [7, 11) is 2.24. The summed E-state index contributed by atoms with van der Waals surface area (Å²) in [6, 6.07) is 0. The summed E-state index contributed by atoms with van der Waals surface area (Å²) in [5.41, 5.74) is 0. The zero-order valence-electron chi connectivity index (χ0n) is 7.97. The van der Waals surface area contributed by atoms with E-state index in [2.05, 4.69) is 18.9 Å². The Balaban J connectivity index is 1.99. The summed E-state index contributed by atoms with van der Waals surface area (Å²) in [5.74, 6) is 1.02. The average molecular weight is 155 g/mol. The fourth-order valence-electron chi connectivity index (χ4n) is 1.94. The van der Waals surface area contributed by atoms with Crippen molar-refractivity contribution in [3.05, 3.63) is 0 Å².